The lowest BCUT2D eigenvalue weighted by molar-refractivity contribution is -0.140. The molecule has 0 spiro atoms. The lowest BCUT2D eigenvalue weighted by atomic mass is 9.98. The Bertz CT molecular complexity index is 964. The number of ketones is 1. The molecule has 2 aromatic rings. The highest BCUT2D eigenvalue weighted by atomic mass is 32.1. The quantitative estimate of drug-likeness (QED) is 0.445. The van der Waals surface area contributed by atoms with Crippen molar-refractivity contribution in [3.63, 3.8) is 0 Å². The average molecular weight is 413 g/mol. The number of nitrogens with zero attached hydrogens (tertiary/aromatic N) is 1. The van der Waals surface area contributed by atoms with Gasteiger partial charge in [0.25, 0.3) is 11.7 Å². The maximum absolute atomic E-state index is 12.9. The van der Waals surface area contributed by atoms with Crippen molar-refractivity contribution >= 4 is 28.8 Å². The minimum absolute atomic E-state index is 0.0284. The molecule has 1 amide bonds. The molecular weight excluding hydrogens is 390 g/mol. The number of benzene rings is 1. The number of Topliss-reactive ketones (excluding diaryl/α,β-unsaturated/α-hetero) is 1. The highest BCUT2D eigenvalue weighted by Gasteiger charge is 2.46. The monoisotopic (exact) mass is 413 g/mol. The normalized spacial score (nSPS) is 20.4. The first-order valence-corrected chi connectivity index (χ1v) is 10.5. The number of aliphatic hydroxyl groups is 1. The van der Waals surface area contributed by atoms with Gasteiger partial charge in [-0.1, -0.05) is 6.07 Å². The first kappa shape index (κ1) is 19.7. The van der Waals surface area contributed by atoms with Crippen LogP contribution in [0.2, 0.25) is 0 Å². The van der Waals surface area contributed by atoms with E-state index in [0.717, 1.165) is 22.6 Å². The molecule has 4 rings (SSSR count). The summed E-state index contributed by atoms with van der Waals surface area (Å²) in [6.45, 7) is 5.04. The fourth-order valence-electron chi connectivity index (χ4n) is 3.73. The molecule has 1 aromatic carbocycles. The van der Waals surface area contributed by atoms with Gasteiger partial charge in [0.2, 0.25) is 0 Å². The van der Waals surface area contributed by atoms with Crippen molar-refractivity contribution in [1.29, 1.82) is 0 Å². The lowest BCUT2D eigenvalue weighted by Crippen LogP contribution is -2.33. The molecule has 0 bridgehead atoms. The summed E-state index contributed by atoms with van der Waals surface area (Å²) in [5, 5.41) is 12.9. The molecule has 152 valence electrons. The molecule has 1 saturated heterocycles. The number of amides is 1. The van der Waals surface area contributed by atoms with Gasteiger partial charge in [-0.25, -0.2) is 0 Å². The van der Waals surface area contributed by atoms with E-state index in [1.807, 2.05) is 37.4 Å². The summed E-state index contributed by atoms with van der Waals surface area (Å²) in [7, 11) is 0. The Kier molecular flexibility index (Phi) is 5.43. The van der Waals surface area contributed by atoms with Crippen molar-refractivity contribution in [2.24, 2.45) is 0 Å². The Hall–Kier alpha value is -2.64. The molecule has 6 nitrogen and oxygen atoms in total. The number of thiophene rings is 1. The molecule has 0 radical (unpaired) electrons. The van der Waals surface area contributed by atoms with E-state index in [1.54, 1.807) is 12.1 Å². The maximum Gasteiger partial charge on any atom is 0.295 e. The molecule has 1 atom stereocenters. The number of rotatable bonds is 6. The summed E-state index contributed by atoms with van der Waals surface area (Å²) in [5.74, 6) is -0.629. The van der Waals surface area contributed by atoms with Gasteiger partial charge >= 0.3 is 0 Å². The Morgan fingerprint density at radius 3 is 2.90 bits per heavy atom. The molecule has 7 heteroatoms. The van der Waals surface area contributed by atoms with Gasteiger partial charge in [-0.3, -0.25) is 9.59 Å². The topological polar surface area (TPSA) is 76.1 Å². The van der Waals surface area contributed by atoms with Gasteiger partial charge in [0.15, 0.2) is 0 Å². The van der Waals surface area contributed by atoms with E-state index in [1.165, 1.54) is 16.2 Å². The van der Waals surface area contributed by atoms with Crippen LogP contribution in [0.4, 0.5) is 0 Å². The second-order valence-corrected chi connectivity index (χ2v) is 8.33. The lowest BCUT2D eigenvalue weighted by Gasteiger charge is -2.24. The van der Waals surface area contributed by atoms with Crippen LogP contribution in [0.15, 0.2) is 41.3 Å². The summed E-state index contributed by atoms with van der Waals surface area (Å²) in [5.41, 5.74) is 1.63. The van der Waals surface area contributed by atoms with Crippen LogP contribution in [0.5, 0.6) is 5.75 Å². The number of aliphatic hydroxyl groups excluding tert-OH is 1. The third-order valence-corrected chi connectivity index (χ3v) is 6.02. The van der Waals surface area contributed by atoms with Crippen LogP contribution in [0.1, 0.15) is 35.9 Å². The summed E-state index contributed by atoms with van der Waals surface area (Å²) < 4.78 is 11.1. The van der Waals surface area contributed by atoms with Crippen molar-refractivity contribution in [2.75, 3.05) is 19.8 Å². The van der Waals surface area contributed by atoms with Crippen LogP contribution in [-0.4, -0.2) is 47.6 Å². The number of carbonyl (C=O) groups excluding carboxylic acids is 2. The molecule has 0 saturated carbocycles. The fourth-order valence-corrected chi connectivity index (χ4v) is 4.57. The third-order valence-electron chi connectivity index (χ3n) is 5.10. The van der Waals surface area contributed by atoms with E-state index in [9.17, 15) is 14.7 Å². The predicted molar refractivity (Wildman–Crippen MR) is 110 cm³/mol. The minimum atomic E-state index is -0.665. The number of ether oxygens (including phenoxy) is 2. The van der Waals surface area contributed by atoms with E-state index in [0.29, 0.717) is 18.8 Å². The summed E-state index contributed by atoms with van der Waals surface area (Å²) in [6.07, 6.45) is 0.784. The number of fused-ring (bicyclic) bond motifs is 1. The van der Waals surface area contributed by atoms with E-state index >= 15 is 0 Å². The molecular formula is C22H23NO5S. The smallest absolute Gasteiger partial charge is 0.295 e. The van der Waals surface area contributed by atoms with Crippen molar-refractivity contribution < 1.29 is 24.2 Å². The van der Waals surface area contributed by atoms with Crippen molar-refractivity contribution in [1.82, 2.24) is 4.90 Å². The second-order valence-electron chi connectivity index (χ2n) is 7.35. The largest absolute Gasteiger partial charge is 0.507 e. The SMILES string of the molecule is CC(C)OCCN1C(=O)C(=O)/C(=C(\O)c2ccc3c(c2)CCO3)C1c1cccs1. The Labute approximate surface area is 173 Å². The van der Waals surface area contributed by atoms with Crippen molar-refractivity contribution in [3.8, 4) is 5.75 Å². The minimum Gasteiger partial charge on any atom is -0.507 e. The number of carbonyl (C=O) groups is 2. The zero-order valence-electron chi connectivity index (χ0n) is 16.4. The van der Waals surface area contributed by atoms with E-state index in [2.05, 4.69) is 0 Å². The summed E-state index contributed by atoms with van der Waals surface area (Å²) >= 11 is 1.45. The van der Waals surface area contributed by atoms with Crippen molar-refractivity contribution in [3.05, 3.63) is 57.3 Å². The molecule has 1 aromatic heterocycles. The zero-order valence-corrected chi connectivity index (χ0v) is 17.2. The second kappa shape index (κ2) is 8.00. The van der Waals surface area contributed by atoms with E-state index < -0.39 is 17.7 Å². The molecule has 29 heavy (non-hydrogen) atoms. The molecule has 1 unspecified atom stereocenters. The molecule has 2 aliphatic rings. The average Bonchev–Trinajstić information content (AvgIpc) is 3.43. The van der Waals surface area contributed by atoms with Crippen LogP contribution >= 0.6 is 11.3 Å². The van der Waals surface area contributed by atoms with Crippen LogP contribution < -0.4 is 4.74 Å². The highest BCUT2D eigenvalue weighted by molar-refractivity contribution is 7.10. The summed E-state index contributed by atoms with van der Waals surface area (Å²) in [6, 6.07) is 8.48. The molecule has 1 fully saturated rings. The first-order valence-electron chi connectivity index (χ1n) is 9.67. The predicted octanol–water partition coefficient (Wildman–Crippen LogP) is 3.53. The fraction of sp³-hybridized carbons (Fsp3) is 0.364. The van der Waals surface area contributed by atoms with Gasteiger partial charge in [-0.05, 0) is 49.1 Å². The van der Waals surface area contributed by atoms with E-state index in [-0.39, 0.29) is 24.0 Å². The van der Waals surface area contributed by atoms with Gasteiger partial charge in [0.05, 0.1) is 30.9 Å². The molecule has 2 aliphatic heterocycles. The maximum atomic E-state index is 12.9. The van der Waals surface area contributed by atoms with Crippen LogP contribution in [-0.2, 0) is 20.7 Å². The number of likely N-dealkylation sites (tertiary alicyclic amines) is 1. The molecule has 1 N–H and O–H groups in total. The zero-order chi connectivity index (χ0) is 20.5. The van der Waals surface area contributed by atoms with Gasteiger partial charge in [0.1, 0.15) is 11.5 Å². The third kappa shape index (κ3) is 3.68. The molecule has 3 heterocycles. The highest BCUT2D eigenvalue weighted by Crippen LogP contribution is 2.41. The van der Waals surface area contributed by atoms with Crippen LogP contribution in [0.25, 0.3) is 5.76 Å². The van der Waals surface area contributed by atoms with Gasteiger partial charge in [-0.2, -0.15) is 0 Å². The van der Waals surface area contributed by atoms with Gasteiger partial charge in [0, 0.05) is 23.4 Å². The van der Waals surface area contributed by atoms with Gasteiger partial charge < -0.3 is 19.5 Å². The number of hydrogen-bond acceptors (Lipinski definition) is 6. The Morgan fingerprint density at radius 1 is 1.34 bits per heavy atom. The van der Waals surface area contributed by atoms with Crippen molar-refractivity contribution in [2.45, 2.75) is 32.4 Å². The Morgan fingerprint density at radius 2 is 2.17 bits per heavy atom. The molecule has 0 aliphatic carbocycles. The van der Waals surface area contributed by atoms with Crippen LogP contribution in [0, 0.1) is 0 Å². The van der Waals surface area contributed by atoms with Crippen LogP contribution in [0.3, 0.4) is 0 Å². The summed E-state index contributed by atoms with van der Waals surface area (Å²) in [4.78, 5) is 28.0. The van der Waals surface area contributed by atoms with E-state index in [4.69, 9.17) is 9.47 Å². The first-order chi connectivity index (χ1) is 14.0. The number of hydrogen-bond donors (Lipinski definition) is 1. The standard InChI is InChI=1S/C22H23NO5S/c1-13(2)27-10-8-23-19(17-4-3-11-29-17)18(21(25)22(23)26)20(24)15-5-6-16-14(12-15)7-9-28-16/h3-6,11-13,19,24H,7-10H2,1-2H3/b20-18-. The Balaban J connectivity index is 1.74. The van der Waals surface area contributed by atoms with Gasteiger partial charge in [-0.15, -0.1) is 11.3 Å².